The lowest BCUT2D eigenvalue weighted by Crippen LogP contribution is -2.27. The second kappa shape index (κ2) is 5.77. The number of hydrogen-bond acceptors (Lipinski definition) is 5. The Morgan fingerprint density at radius 2 is 2.14 bits per heavy atom. The van der Waals surface area contributed by atoms with Gasteiger partial charge >= 0.3 is 0 Å². The third-order valence-corrected chi connectivity index (χ3v) is 4.40. The summed E-state index contributed by atoms with van der Waals surface area (Å²) in [6, 6.07) is 5.58. The van der Waals surface area contributed by atoms with Crippen molar-refractivity contribution >= 4 is 21.6 Å². The van der Waals surface area contributed by atoms with Crippen LogP contribution in [0.2, 0.25) is 0 Å². The molecule has 1 aliphatic carbocycles. The number of nitrogens with zero attached hydrogens (tertiary/aromatic N) is 2. The van der Waals surface area contributed by atoms with Gasteiger partial charge in [0.25, 0.3) is 5.89 Å². The van der Waals surface area contributed by atoms with E-state index < -0.39 is 5.60 Å². The molecule has 2 N–H and O–H groups in total. The molecular formula is C15H18BrN3O2. The molecule has 3 rings (SSSR count). The second-order valence-electron chi connectivity index (χ2n) is 5.29. The third-order valence-electron chi connectivity index (χ3n) is 3.91. The molecule has 1 fully saturated rings. The first kappa shape index (κ1) is 14.5. The van der Waals surface area contributed by atoms with E-state index in [9.17, 15) is 0 Å². The molecule has 1 aliphatic rings. The maximum absolute atomic E-state index is 6.00. The van der Waals surface area contributed by atoms with E-state index in [1.165, 1.54) is 0 Å². The van der Waals surface area contributed by atoms with Gasteiger partial charge in [-0.2, -0.15) is 4.98 Å². The molecule has 0 radical (unpaired) electrons. The number of halogens is 1. The van der Waals surface area contributed by atoms with Gasteiger partial charge in [-0.3, -0.25) is 0 Å². The monoisotopic (exact) mass is 351 g/mol. The van der Waals surface area contributed by atoms with Crippen molar-refractivity contribution in [3.8, 4) is 11.5 Å². The summed E-state index contributed by atoms with van der Waals surface area (Å²) >= 11 is 3.43. The lowest BCUT2D eigenvalue weighted by molar-refractivity contribution is -0.0469. The maximum Gasteiger partial charge on any atom is 0.260 e. The largest absolute Gasteiger partial charge is 0.398 e. The third kappa shape index (κ3) is 2.70. The SMILES string of the molecule is CCOC1(c2noc(-c3cc(Br)ccc3N)n2)CCCC1. The first-order chi connectivity index (χ1) is 10.1. The number of hydrogen-bond donors (Lipinski definition) is 1. The van der Waals surface area contributed by atoms with Gasteiger partial charge in [-0.1, -0.05) is 21.1 Å². The summed E-state index contributed by atoms with van der Waals surface area (Å²) in [5.41, 5.74) is 6.96. The van der Waals surface area contributed by atoms with Gasteiger partial charge in [0, 0.05) is 16.8 Å². The molecule has 1 saturated carbocycles. The van der Waals surface area contributed by atoms with Gasteiger partial charge < -0.3 is 15.0 Å². The molecule has 1 heterocycles. The highest BCUT2D eigenvalue weighted by atomic mass is 79.9. The summed E-state index contributed by atoms with van der Waals surface area (Å²) in [5, 5.41) is 4.15. The summed E-state index contributed by atoms with van der Waals surface area (Å²) in [7, 11) is 0. The zero-order chi connectivity index (χ0) is 14.9. The normalized spacial score (nSPS) is 17.2. The molecule has 0 amide bonds. The van der Waals surface area contributed by atoms with Crippen molar-refractivity contribution in [1.82, 2.24) is 10.1 Å². The van der Waals surface area contributed by atoms with Crippen LogP contribution in [0.4, 0.5) is 5.69 Å². The Kier molecular flexibility index (Phi) is 3.99. The Balaban J connectivity index is 1.97. The molecule has 0 unspecified atom stereocenters. The summed E-state index contributed by atoms with van der Waals surface area (Å²) in [6.45, 7) is 2.64. The van der Waals surface area contributed by atoms with Gasteiger partial charge in [-0.15, -0.1) is 0 Å². The van der Waals surface area contributed by atoms with Crippen molar-refractivity contribution < 1.29 is 9.26 Å². The van der Waals surface area contributed by atoms with Crippen LogP contribution in [-0.2, 0) is 10.3 Å². The van der Waals surface area contributed by atoms with Crippen LogP contribution in [0.25, 0.3) is 11.5 Å². The first-order valence-corrected chi connectivity index (χ1v) is 7.97. The van der Waals surface area contributed by atoms with Gasteiger partial charge in [0.05, 0.1) is 5.56 Å². The molecule has 112 valence electrons. The number of ether oxygens (including phenoxy) is 1. The van der Waals surface area contributed by atoms with Crippen LogP contribution < -0.4 is 5.73 Å². The zero-order valence-electron chi connectivity index (χ0n) is 11.9. The molecule has 1 aromatic carbocycles. The van der Waals surface area contributed by atoms with Crippen LogP contribution in [0.3, 0.4) is 0 Å². The van der Waals surface area contributed by atoms with E-state index in [0.29, 0.717) is 24.0 Å². The van der Waals surface area contributed by atoms with E-state index in [1.54, 1.807) is 0 Å². The Morgan fingerprint density at radius 3 is 2.86 bits per heavy atom. The molecule has 0 saturated heterocycles. The minimum absolute atomic E-state index is 0.392. The van der Waals surface area contributed by atoms with Gasteiger partial charge in [0.15, 0.2) is 0 Å². The lowest BCUT2D eigenvalue weighted by atomic mass is 10.0. The van der Waals surface area contributed by atoms with Crippen LogP contribution in [0, 0.1) is 0 Å². The van der Waals surface area contributed by atoms with Crippen molar-refractivity contribution in [1.29, 1.82) is 0 Å². The minimum Gasteiger partial charge on any atom is -0.398 e. The van der Waals surface area contributed by atoms with Gasteiger partial charge in [0.2, 0.25) is 5.82 Å². The van der Waals surface area contributed by atoms with E-state index in [4.69, 9.17) is 15.0 Å². The highest BCUT2D eigenvalue weighted by Gasteiger charge is 2.41. The number of aromatic nitrogens is 2. The predicted molar refractivity (Wildman–Crippen MR) is 83.6 cm³/mol. The van der Waals surface area contributed by atoms with Crippen LogP contribution in [0.15, 0.2) is 27.2 Å². The number of rotatable bonds is 4. The summed E-state index contributed by atoms with van der Waals surface area (Å²) < 4.78 is 12.3. The quantitative estimate of drug-likeness (QED) is 0.845. The van der Waals surface area contributed by atoms with E-state index in [-0.39, 0.29) is 0 Å². The Bertz CT molecular complexity index is 636. The standard InChI is InChI=1S/C15H18BrN3O2/c1-2-20-15(7-3-4-8-15)14-18-13(21-19-14)11-9-10(16)5-6-12(11)17/h5-6,9H,2-4,7-8,17H2,1H3. The number of anilines is 1. The van der Waals surface area contributed by atoms with Crippen molar-refractivity contribution in [2.45, 2.75) is 38.2 Å². The van der Waals surface area contributed by atoms with Crippen LogP contribution in [-0.4, -0.2) is 16.7 Å². The average molecular weight is 352 g/mol. The molecule has 2 aromatic rings. The summed E-state index contributed by atoms with van der Waals surface area (Å²) in [5.74, 6) is 1.08. The predicted octanol–water partition coefficient (Wildman–Crippen LogP) is 3.89. The minimum atomic E-state index is -0.392. The zero-order valence-corrected chi connectivity index (χ0v) is 13.5. The Hall–Kier alpha value is -1.40. The molecule has 0 bridgehead atoms. The highest BCUT2D eigenvalue weighted by Crippen LogP contribution is 2.41. The highest BCUT2D eigenvalue weighted by molar-refractivity contribution is 9.10. The number of nitrogens with two attached hydrogens (primary N) is 1. The van der Waals surface area contributed by atoms with Crippen LogP contribution >= 0.6 is 15.9 Å². The van der Waals surface area contributed by atoms with Crippen molar-refractivity contribution in [3.63, 3.8) is 0 Å². The van der Waals surface area contributed by atoms with E-state index >= 15 is 0 Å². The molecule has 5 nitrogen and oxygen atoms in total. The topological polar surface area (TPSA) is 74.2 Å². The first-order valence-electron chi connectivity index (χ1n) is 7.18. The van der Waals surface area contributed by atoms with Gasteiger partial charge in [0.1, 0.15) is 5.60 Å². The fourth-order valence-electron chi connectivity index (χ4n) is 2.89. The van der Waals surface area contributed by atoms with Crippen LogP contribution in [0.1, 0.15) is 38.4 Å². The van der Waals surface area contributed by atoms with Crippen molar-refractivity contribution in [3.05, 3.63) is 28.5 Å². The number of nitrogen functional groups attached to an aromatic ring is 1. The van der Waals surface area contributed by atoms with E-state index in [0.717, 1.165) is 35.7 Å². The van der Waals surface area contributed by atoms with Gasteiger partial charge in [-0.25, -0.2) is 0 Å². The lowest BCUT2D eigenvalue weighted by Gasteiger charge is -2.24. The molecule has 21 heavy (non-hydrogen) atoms. The van der Waals surface area contributed by atoms with Crippen molar-refractivity contribution in [2.24, 2.45) is 0 Å². The molecule has 0 spiro atoms. The fourth-order valence-corrected chi connectivity index (χ4v) is 3.25. The number of benzene rings is 1. The fraction of sp³-hybridized carbons (Fsp3) is 0.467. The molecular weight excluding hydrogens is 334 g/mol. The Morgan fingerprint density at radius 1 is 1.38 bits per heavy atom. The Labute approximate surface area is 132 Å². The second-order valence-corrected chi connectivity index (χ2v) is 6.20. The molecule has 0 aliphatic heterocycles. The average Bonchev–Trinajstić information content (AvgIpc) is 3.11. The molecule has 6 heteroatoms. The molecule has 0 atom stereocenters. The summed E-state index contributed by atoms with van der Waals surface area (Å²) in [6.07, 6.45) is 4.13. The van der Waals surface area contributed by atoms with E-state index in [2.05, 4.69) is 26.1 Å². The molecule has 1 aromatic heterocycles. The van der Waals surface area contributed by atoms with E-state index in [1.807, 2.05) is 25.1 Å². The smallest absolute Gasteiger partial charge is 0.260 e. The van der Waals surface area contributed by atoms with Crippen LogP contribution in [0.5, 0.6) is 0 Å². The summed E-state index contributed by atoms with van der Waals surface area (Å²) in [4.78, 5) is 4.55. The van der Waals surface area contributed by atoms with Gasteiger partial charge in [-0.05, 0) is 50.8 Å². The maximum atomic E-state index is 6.00. The van der Waals surface area contributed by atoms with Crippen molar-refractivity contribution in [2.75, 3.05) is 12.3 Å².